The van der Waals surface area contributed by atoms with E-state index in [0.717, 1.165) is 25.1 Å². The Balaban J connectivity index is 1.63. The minimum Gasteiger partial charge on any atom is -0.348 e. The lowest BCUT2D eigenvalue weighted by molar-refractivity contribution is 0.159. The topological polar surface area (TPSA) is 37.3 Å². The van der Waals surface area contributed by atoms with Crippen LogP contribution in [0.2, 0.25) is 0 Å². The Morgan fingerprint density at radius 2 is 1.88 bits per heavy atom. The van der Waals surface area contributed by atoms with Crippen molar-refractivity contribution >= 4 is 6.03 Å². The predicted octanol–water partition coefficient (Wildman–Crippen LogP) is 4.53. The molecule has 2 heterocycles. The van der Waals surface area contributed by atoms with Crippen molar-refractivity contribution in [1.82, 2.24) is 14.8 Å². The van der Waals surface area contributed by atoms with Gasteiger partial charge in [0.1, 0.15) is 0 Å². The highest BCUT2D eigenvalue weighted by Crippen LogP contribution is 2.26. The molecule has 0 bridgehead atoms. The van der Waals surface area contributed by atoms with Crippen molar-refractivity contribution in [3.63, 3.8) is 0 Å². The number of hydrogen-bond acceptors (Lipinski definition) is 1. The standard InChI is InChI=1S/C21H29N3O/c1-15(2)14-18-7-9-19(10-8-18)16(3)22-21(25)24-13-12-23-11-5-6-20(23)17(24)4/h5-11,15-17H,12-14H2,1-4H3,(H,22,25). The zero-order chi connectivity index (χ0) is 18.0. The largest absolute Gasteiger partial charge is 0.348 e. The highest BCUT2D eigenvalue weighted by atomic mass is 16.2. The van der Waals surface area contributed by atoms with Crippen molar-refractivity contribution in [3.8, 4) is 0 Å². The molecule has 2 atom stereocenters. The van der Waals surface area contributed by atoms with Gasteiger partial charge in [0, 0.05) is 25.0 Å². The molecule has 1 aliphatic heterocycles. The average Bonchev–Trinajstić information content (AvgIpc) is 3.04. The molecule has 25 heavy (non-hydrogen) atoms. The van der Waals surface area contributed by atoms with Crippen LogP contribution in [0.4, 0.5) is 4.79 Å². The third-order valence-corrected chi connectivity index (χ3v) is 5.07. The average molecular weight is 339 g/mol. The van der Waals surface area contributed by atoms with Gasteiger partial charge in [0.2, 0.25) is 0 Å². The van der Waals surface area contributed by atoms with E-state index in [1.165, 1.54) is 11.3 Å². The first kappa shape index (κ1) is 17.6. The van der Waals surface area contributed by atoms with E-state index in [1.807, 2.05) is 11.8 Å². The zero-order valence-electron chi connectivity index (χ0n) is 15.7. The molecule has 2 unspecified atom stereocenters. The van der Waals surface area contributed by atoms with E-state index in [-0.39, 0.29) is 18.1 Å². The number of carbonyl (C=O) groups is 1. The fourth-order valence-corrected chi connectivity index (χ4v) is 3.62. The van der Waals surface area contributed by atoms with Gasteiger partial charge in [-0.25, -0.2) is 4.79 Å². The highest BCUT2D eigenvalue weighted by Gasteiger charge is 2.28. The number of hydrogen-bond donors (Lipinski definition) is 1. The number of benzene rings is 1. The van der Waals surface area contributed by atoms with Gasteiger partial charge in [-0.2, -0.15) is 0 Å². The molecule has 1 aromatic carbocycles. The van der Waals surface area contributed by atoms with Crippen LogP contribution in [0.25, 0.3) is 0 Å². The molecule has 0 aliphatic carbocycles. The van der Waals surface area contributed by atoms with E-state index in [2.05, 4.69) is 73.3 Å². The van der Waals surface area contributed by atoms with Crippen molar-refractivity contribution in [3.05, 3.63) is 59.4 Å². The van der Waals surface area contributed by atoms with Gasteiger partial charge in [-0.3, -0.25) is 0 Å². The maximum absolute atomic E-state index is 12.7. The monoisotopic (exact) mass is 339 g/mol. The molecule has 0 radical (unpaired) electrons. The number of carbonyl (C=O) groups excluding carboxylic acids is 1. The number of nitrogens with one attached hydrogen (secondary N) is 1. The second-order valence-corrected chi connectivity index (χ2v) is 7.51. The van der Waals surface area contributed by atoms with Crippen LogP contribution in [0.15, 0.2) is 42.6 Å². The number of rotatable bonds is 4. The SMILES string of the molecule is CC(C)Cc1ccc(C(C)NC(=O)N2CCn3cccc3C2C)cc1. The lowest BCUT2D eigenvalue weighted by Gasteiger charge is -2.35. The Kier molecular flexibility index (Phi) is 5.16. The lowest BCUT2D eigenvalue weighted by atomic mass is 10.00. The highest BCUT2D eigenvalue weighted by molar-refractivity contribution is 5.75. The third-order valence-electron chi connectivity index (χ3n) is 5.07. The molecule has 4 heteroatoms. The molecule has 2 amide bonds. The number of amides is 2. The van der Waals surface area contributed by atoms with Gasteiger partial charge < -0.3 is 14.8 Å². The van der Waals surface area contributed by atoms with Crippen LogP contribution in [0.5, 0.6) is 0 Å². The molecule has 0 fully saturated rings. The van der Waals surface area contributed by atoms with Gasteiger partial charge >= 0.3 is 6.03 Å². The van der Waals surface area contributed by atoms with Crippen molar-refractivity contribution < 1.29 is 4.79 Å². The Bertz CT molecular complexity index is 717. The Morgan fingerprint density at radius 3 is 2.56 bits per heavy atom. The first-order chi connectivity index (χ1) is 12.0. The number of fused-ring (bicyclic) bond motifs is 1. The molecule has 0 saturated carbocycles. The van der Waals surface area contributed by atoms with Crippen molar-refractivity contribution in [1.29, 1.82) is 0 Å². The zero-order valence-corrected chi connectivity index (χ0v) is 15.7. The van der Waals surface area contributed by atoms with Crippen molar-refractivity contribution in [2.45, 2.75) is 52.7 Å². The van der Waals surface area contributed by atoms with Crippen LogP contribution in [0, 0.1) is 5.92 Å². The smallest absolute Gasteiger partial charge is 0.318 e. The van der Waals surface area contributed by atoms with Gasteiger partial charge in [-0.1, -0.05) is 38.1 Å². The summed E-state index contributed by atoms with van der Waals surface area (Å²) in [6.45, 7) is 10.2. The van der Waals surface area contributed by atoms with E-state index in [4.69, 9.17) is 0 Å². The first-order valence-corrected chi connectivity index (χ1v) is 9.26. The second kappa shape index (κ2) is 7.34. The summed E-state index contributed by atoms with van der Waals surface area (Å²) in [7, 11) is 0. The number of aromatic nitrogens is 1. The van der Waals surface area contributed by atoms with E-state index in [9.17, 15) is 4.79 Å². The molecule has 0 saturated heterocycles. The van der Waals surface area contributed by atoms with Gasteiger partial charge in [-0.15, -0.1) is 0 Å². The number of nitrogens with zero attached hydrogens (tertiary/aromatic N) is 2. The maximum Gasteiger partial charge on any atom is 0.318 e. The van der Waals surface area contributed by atoms with E-state index in [1.54, 1.807) is 0 Å². The van der Waals surface area contributed by atoms with Crippen LogP contribution in [-0.2, 0) is 13.0 Å². The maximum atomic E-state index is 12.7. The summed E-state index contributed by atoms with van der Waals surface area (Å²) in [5.41, 5.74) is 3.70. The Hall–Kier alpha value is -2.23. The summed E-state index contributed by atoms with van der Waals surface area (Å²) >= 11 is 0. The lowest BCUT2D eigenvalue weighted by Crippen LogP contribution is -2.46. The molecular weight excluding hydrogens is 310 g/mol. The van der Waals surface area contributed by atoms with Crippen LogP contribution >= 0.6 is 0 Å². The van der Waals surface area contributed by atoms with E-state index >= 15 is 0 Å². The Morgan fingerprint density at radius 1 is 1.16 bits per heavy atom. The summed E-state index contributed by atoms with van der Waals surface area (Å²) in [5.74, 6) is 0.655. The van der Waals surface area contributed by atoms with Crippen LogP contribution in [0.1, 0.15) is 56.6 Å². The van der Waals surface area contributed by atoms with Crippen LogP contribution < -0.4 is 5.32 Å². The van der Waals surface area contributed by atoms with Gasteiger partial charge in [0.25, 0.3) is 0 Å². The molecule has 1 aliphatic rings. The third kappa shape index (κ3) is 3.89. The van der Waals surface area contributed by atoms with E-state index < -0.39 is 0 Å². The molecule has 1 aromatic heterocycles. The van der Waals surface area contributed by atoms with Crippen LogP contribution in [-0.4, -0.2) is 22.0 Å². The van der Waals surface area contributed by atoms with Crippen molar-refractivity contribution in [2.75, 3.05) is 6.54 Å². The summed E-state index contributed by atoms with van der Waals surface area (Å²) in [4.78, 5) is 14.7. The van der Waals surface area contributed by atoms with Crippen LogP contribution in [0.3, 0.4) is 0 Å². The molecular formula is C21H29N3O. The van der Waals surface area contributed by atoms with E-state index in [0.29, 0.717) is 5.92 Å². The normalized spacial score (nSPS) is 18.1. The quantitative estimate of drug-likeness (QED) is 0.873. The summed E-state index contributed by atoms with van der Waals surface area (Å²) in [6, 6.07) is 12.9. The minimum atomic E-state index is 0.00140. The summed E-state index contributed by atoms with van der Waals surface area (Å²) in [5, 5.41) is 3.16. The molecule has 1 N–H and O–H groups in total. The first-order valence-electron chi connectivity index (χ1n) is 9.26. The summed E-state index contributed by atoms with van der Waals surface area (Å²) < 4.78 is 2.23. The minimum absolute atomic E-state index is 0.00140. The Labute approximate surface area is 150 Å². The second-order valence-electron chi connectivity index (χ2n) is 7.51. The number of urea groups is 1. The van der Waals surface area contributed by atoms with Gasteiger partial charge in [-0.05, 0) is 49.4 Å². The molecule has 3 rings (SSSR count). The molecule has 2 aromatic rings. The van der Waals surface area contributed by atoms with Crippen molar-refractivity contribution in [2.24, 2.45) is 5.92 Å². The molecule has 0 spiro atoms. The molecule has 134 valence electrons. The molecule has 4 nitrogen and oxygen atoms in total. The summed E-state index contributed by atoms with van der Waals surface area (Å²) in [6.07, 6.45) is 3.17. The fraction of sp³-hybridized carbons (Fsp3) is 0.476. The predicted molar refractivity (Wildman–Crippen MR) is 101 cm³/mol. The van der Waals surface area contributed by atoms with Gasteiger partial charge in [0.05, 0.1) is 12.1 Å². The fourth-order valence-electron chi connectivity index (χ4n) is 3.62. The van der Waals surface area contributed by atoms with Gasteiger partial charge in [0.15, 0.2) is 0 Å².